The number of rotatable bonds is 4. The number of nitrogens with zero attached hydrogens (tertiary/aromatic N) is 2. The van der Waals surface area contributed by atoms with Crippen molar-refractivity contribution in [1.82, 2.24) is 0 Å². The Morgan fingerprint density at radius 2 is 0.692 bits per heavy atom. The largest absolute Gasteiger partial charge is 0.489 e. The number of alkyl halides is 1. The Hall–Kier alpha value is -9.47. The molecule has 0 heterocycles. The Labute approximate surface area is 461 Å². The fraction of sp³-hybridized carbons (Fsp3) is 0.0141. The average Bonchev–Trinajstić information content (AvgIpc) is 3.70. The highest BCUT2D eigenvalue weighted by Gasteiger charge is 2.20. The van der Waals surface area contributed by atoms with Crippen LogP contribution >= 0.6 is 15.9 Å². The first kappa shape index (κ1) is 49.4. The monoisotopic (exact) mass is 1070 g/mol. The van der Waals surface area contributed by atoms with Gasteiger partial charge < -0.3 is 10.0 Å². The van der Waals surface area contributed by atoms with Crippen LogP contribution in [0.1, 0.15) is 12.5 Å². The summed E-state index contributed by atoms with van der Waals surface area (Å²) in [6.45, 7) is 0. The van der Waals surface area contributed by atoms with E-state index in [0.717, 1.165) is 53.7 Å². The molecule has 0 aliphatic heterocycles. The van der Waals surface area contributed by atoms with Crippen molar-refractivity contribution in [3.63, 3.8) is 0 Å². The van der Waals surface area contributed by atoms with Crippen LogP contribution in [0.2, 0.25) is 0 Å². The van der Waals surface area contributed by atoms with E-state index in [2.05, 4.69) is 180 Å². The molecule has 14 aromatic carbocycles. The van der Waals surface area contributed by atoms with E-state index in [-0.39, 0.29) is 0 Å². The zero-order chi connectivity index (χ0) is 54.4. The highest BCUT2D eigenvalue weighted by molar-refractivity contribution is 9.10. The zero-order valence-electron chi connectivity index (χ0n) is 43.1. The minimum atomic E-state index is -1.50. The fourth-order valence-corrected chi connectivity index (χ4v) is 11.4. The van der Waals surface area contributed by atoms with Crippen LogP contribution in [0.3, 0.4) is 0 Å². The SMILES string of the molecule is N#Cc1ccc(-c2cccc(-c3cc4c5ccccc5c5ccccc5c4c4ccccc34)c2)cc1.N#Cc1ccc(-c2cccc(Br)c2)cc1.OB(O)c1cc2c3ccccc3c3ccccc3c2c2ccccc12.[2H]CF. The molecule has 0 aliphatic carbocycles. The van der Waals surface area contributed by atoms with Crippen molar-refractivity contribution in [2.45, 2.75) is 0 Å². The summed E-state index contributed by atoms with van der Waals surface area (Å²) in [6.07, 6.45) is 0. The first-order valence-electron chi connectivity index (χ1n) is 26.1. The maximum atomic E-state index is 9.96. The van der Waals surface area contributed by atoms with Crippen molar-refractivity contribution in [3.05, 3.63) is 270 Å². The lowest BCUT2D eigenvalue weighted by atomic mass is 9.75. The number of nitriles is 2. The van der Waals surface area contributed by atoms with Crippen LogP contribution in [0.5, 0.6) is 0 Å². The van der Waals surface area contributed by atoms with E-state index in [1.54, 1.807) is 0 Å². The van der Waals surface area contributed by atoms with E-state index in [1.165, 1.54) is 70.4 Å². The standard InChI is InChI=1S/C35H21N.C22H15BO2.C13H8BrN.CH3F/c36-22-23-16-18-24(19-17-23)25-8-7-9-26(20-25)33-21-34-29-12-2-1-10-27(29)28-11-3-5-14-31(28)35(34)32-15-6-4-13-30(32)33;24-23(25)21-13-20-16-9-2-1-7-14(16)15-8-3-5-11-18(15)22(20)19-12-6-4-10-17(19)21;14-13-3-1-2-12(8-13)11-6-4-10(9-15)5-7-11;1-2/h1-21H;1-13,24-25H;1-8H;1H3/i;;;1D. The number of halogens is 2. The molecule has 0 bridgehead atoms. The minimum Gasteiger partial charge on any atom is -0.423 e. The first-order chi connectivity index (χ1) is 38.8. The Balaban J connectivity index is 0.000000133. The molecule has 78 heavy (non-hydrogen) atoms. The molecule has 2 N–H and O–H groups in total. The molecule has 370 valence electrons. The van der Waals surface area contributed by atoms with Crippen molar-refractivity contribution in [3.8, 4) is 45.5 Å². The smallest absolute Gasteiger partial charge is 0.423 e. The van der Waals surface area contributed by atoms with Gasteiger partial charge in [0.05, 0.1) is 31.8 Å². The van der Waals surface area contributed by atoms with Gasteiger partial charge in [0.25, 0.3) is 0 Å². The van der Waals surface area contributed by atoms with E-state index in [9.17, 15) is 19.7 Å². The predicted molar refractivity (Wildman–Crippen MR) is 330 cm³/mol. The summed E-state index contributed by atoms with van der Waals surface area (Å²) in [7, 11) is -2.50. The van der Waals surface area contributed by atoms with Gasteiger partial charge in [-0.15, -0.1) is 0 Å². The quantitative estimate of drug-likeness (QED) is 0.136. The molecular weight excluding hydrogens is 1020 g/mol. The Morgan fingerprint density at radius 3 is 1.13 bits per heavy atom. The zero-order valence-corrected chi connectivity index (χ0v) is 43.7. The van der Waals surface area contributed by atoms with Gasteiger partial charge in [0.2, 0.25) is 0 Å². The predicted octanol–water partition coefficient (Wildman–Crippen LogP) is 18.1. The number of hydrogen-bond acceptors (Lipinski definition) is 4. The van der Waals surface area contributed by atoms with E-state index < -0.39 is 14.3 Å². The molecule has 14 aromatic rings. The Bertz CT molecular complexity index is 4690. The third-order valence-electron chi connectivity index (χ3n) is 14.5. The van der Waals surface area contributed by atoms with Crippen molar-refractivity contribution < 1.29 is 15.8 Å². The summed E-state index contributed by atoms with van der Waals surface area (Å²) in [4.78, 5) is 0. The molecule has 7 heteroatoms. The topological polar surface area (TPSA) is 88.0 Å². The van der Waals surface area contributed by atoms with Crippen molar-refractivity contribution in [1.29, 1.82) is 10.5 Å². The van der Waals surface area contributed by atoms with Gasteiger partial charge in [0, 0.05) is 4.47 Å². The maximum absolute atomic E-state index is 9.96. The Kier molecular flexibility index (Phi) is 14.2. The number of benzene rings is 14. The van der Waals surface area contributed by atoms with Crippen molar-refractivity contribution in [2.75, 3.05) is 7.15 Å². The molecular formula is C71H47BBrFN2O2. The van der Waals surface area contributed by atoms with Gasteiger partial charge in [-0.2, -0.15) is 10.5 Å². The summed E-state index contributed by atoms with van der Waals surface area (Å²) in [5.41, 5.74) is 8.85. The molecule has 0 fully saturated rings. The van der Waals surface area contributed by atoms with E-state index in [4.69, 9.17) is 6.63 Å². The first-order valence-corrected chi connectivity index (χ1v) is 26.2. The molecule has 0 radical (unpaired) electrons. The fourth-order valence-electron chi connectivity index (χ4n) is 11.0. The van der Waals surface area contributed by atoms with E-state index in [1.807, 2.05) is 103 Å². The maximum Gasteiger partial charge on any atom is 0.489 e. The molecule has 4 nitrogen and oxygen atoms in total. The summed E-state index contributed by atoms with van der Waals surface area (Å²) >= 11 is 3.44. The van der Waals surface area contributed by atoms with Crippen LogP contribution in [-0.2, 0) is 0 Å². The average molecular weight is 1070 g/mol. The van der Waals surface area contributed by atoms with Gasteiger partial charge in [-0.05, 0) is 174 Å². The van der Waals surface area contributed by atoms with Crippen LogP contribution in [0, 0.1) is 22.7 Å². The number of hydrogen-bond donors (Lipinski definition) is 2. The van der Waals surface area contributed by atoms with Gasteiger partial charge in [0.1, 0.15) is 0 Å². The van der Waals surface area contributed by atoms with Crippen molar-refractivity contribution >= 4 is 115 Å². The second-order valence-corrected chi connectivity index (χ2v) is 19.8. The van der Waals surface area contributed by atoms with Crippen LogP contribution in [0.25, 0.3) is 120 Å². The minimum absolute atomic E-state index is 0.545. The molecule has 0 aliphatic rings. The molecule has 0 amide bonds. The molecule has 0 atom stereocenters. The lowest BCUT2D eigenvalue weighted by Gasteiger charge is -2.16. The lowest BCUT2D eigenvalue weighted by Crippen LogP contribution is -2.30. The third kappa shape index (κ3) is 9.60. The second kappa shape index (κ2) is 22.4. The van der Waals surface area contributed by atoms with Gasteiger partial charge >= 0.3 is 7.12 Å². The summed E-state index contributed by atoms with van der Waals surface area (Å²) in [5, 5.41) is 56.8. The highest BCUT2D eigenvalue weighted by atomic mass is 79.9. The Morgan fingerprint density at radius 1 is 0.359 bits per heavy atom. The van der Waals surface area contributed by atoms with Gasteiger partial charge in [-0.25, -0.2) is 0 Å². The molecule has 0 unspecified atom stereocenters. The van der Waals surface area contributed by atoms with Crippen LogP contribution in [-0.4, -0.2) is 24.3 Å². The van der Waals surface area contributed by atoms with Gasteiger partial charge in [-0.3, -0.25) is 4.39 Å². The van der Waals surface area contributed by atoms with Crippen molar-refractivity contribution in [2.24, 2.45) is 0 Å². The van der Waals surface area contributed by atoms with Gasteiger partial charge in [0.15, 0.2) is 0 Å². The summed E-state index contributed by atoms with van der Waals surface area (Å²) in [6, 6.07) is 91.8. The molecule has 0 saturated carbocycles. The highest BCUT2D eigenvalue weighted by Crippen LogP contribution is 2.44. The summed E-state index contributed by atoms with van der Waals surface area (Å²) < 4.78 is 16.6. The molecule has 0 aromatic heterocycles. The van der Waals surface area contributed by atoms with E-state index >= 15 is 0 Å². The van der Waals surface area contributed by atoms with Crippen LogP contribution < -0.4 is 5.46 Å². The second-order valence-electron chi connectivity index (χ2n) is 18.9. The summed E-state index contributed by atoms with van der Waals surface area (Å²) in [5.74, 6) is 0. The van der Waals surface area contributed by atoms with Gasteiger partial charge in [-0.1, -0.05) is 222 Å². The van der Waals surface area contributed by atoms with E-state index in [0.29, 0.717) is 16.6 Å². The molecule has 14 rings (SSSR count). The lowest BCUT2D eigenvalue weighted by molar-refractivity contribution is 0.426. The van der Waals surface area contributed by atoms with Crippen LogP contribution in [0.15, 0.2) is 259 Å². The molecule has 0 spiro atoms. The number of fused-ring (bicyclic) bond motifs is 16. The normalized spacial score (nSPS) is 11.0. The third-order valence-corrected chi connectivity index (χ3v) is 15.0. The van der Waals surface area contributed by atoms with Crippen LogP contribution in [0.4, 0.5) is 4.39 Å². The molecule has 0 saturated heterocycles.